The van der Waals surface area contributed by atoms with Crippen LogP contribution in [0, 0.1) is 0 Å². The van der Waals surface area contributed by atoms with E-state index in [4.69, 9.17) is 5.21 Å². The molecule has 6 heteroatoms. The molecule has 0 bridgehead atoms. The number of carbonyl (C=O) groups excluding carboxylic acids is 2. The summed E-state index contributed by atoms with van der Waals surface area (Å²) >= 11 is -0.611. The lowest BCUT2D eigenvalue weighted by atomic mass is 10.4. The Kier molecular flexibility index (Phi) is 4.87. The molecule has 0 aromatic carbocycles. The minimum atomic E-state index is -0.611. The van der Waals surface area contributed by atoms with Gasteiger partial charge in [-0.3, -0.25) is 14.8 Å². The molecular formula is C6H11NO4S. The third-order valence-corrected chi connectivity index (χ3v) is 1.03. The molecule has 2 amide bonds. The summed E-state index contributed by atoms with van der Waals surface area (Å²) in [6.45, 7) is 0. The van der Waals surface area contributed by atoms with Crippen molar-refractivity contribution in [2.45, 2.75) is 12.8 Å². The number of imide groups is 1. The summed E-state index contributed by atoms with van der Waals surface area (Å²) in [5.41, 5.74) is 0. The van der Waals surface area contributed by atoms with E-state index in [9.17, 15) is 14.1 Å². The molecule has 1 saturated heterocycles. The van der Waals surface area contributed by atoms with E-state index in [0.29, 0.717) is 0 Å². The van der Waals surface area contributed by atoms with Gasteiger partial charge < -0.3 is 4.55 Å². The highest BCUT2D eigenvalue weighted by atomic mass is 32.2. The lowest BCUT2D eigenvalue weighted by molar-refractivity contribution is -0.171. The van der Waals surface area contributed by atoms with Crippen LogP contribution in [0.5, 0.6) is 0 Å². The first kappa shape index (κ1) is 11.4. The largest absolute Gasteiger partial charge is 0.617 e. The quantitative estimate of drug-likeness (QED) is 0.320. The standard InChI is InChI=1S/C4H5NO3.C2H6OS/c6-3-1-2-4(7)5(3)8;1-4(2)3/h8H,1-2H2;1-2H3. The zero-order valence-electron chi connectivity index (χ0n) is 6.94. The molecule has 1 aliphatic heterocycles. The van der Waals surface area contributed by atoms with Crippen LogP contribution in [0.3, 0.4) is 0 Å². The first-order valence-electron chi connectivity index (χ1n) is 3.25. The molecule has 1 fully saturated rings. The number of nitrogens with zero attached hydrogens (tertiary/aromatic N) is 1. The SMILES string of the molecule is C[S+](C)[O-].O=C1CCC(=O)N1O. The van der Waals surface area contributed by atoms with Gasteiger partial charge in [-0.25, -0.2) is 0 Å². The summed E-state index contributed by atoms with van der Waals surface area (Å²) in [5.74, 6) is -1.01. The molecule has 70 valence electrons. The van der Waals surface area contributed by atoms with Crippen LogP contribution in [0.4, 0.5) is 0 Å². The Morgan fingerprint density at radius 1 is 1.33 bits per heavy atom. The molecule has 0 saturated carbocycles. The van der Waals surface area contributed by atoms with Crippen molar-refractivity contribution in [3.8, 4) is 0 Å². The second-order valence-electron chi connectivity index (χ2n) is 2.34. The maximum absolute atomic E-state index is 10.2. The number of carbonyl (C=O) groups is 2. The Balaban J connectivity index is 0.000000261. The molecule has 0 spiro atoms. The van der Waals surface area contributed by atoms with Crippen LogP contribution < -0.4 is 0 Å². The molecule has 0 unspecified atom stereocenters. The van der Waals surface area contributed by atoms with Gasteiger partial charge in [0.05, 0.1) is 12.5 Å². The minimum Gasteiger partial charge on any atom is -0.617 e. The molecule has 0 atom stereocenters. The normalized spacial score (nSPS) is 16.6. The van der Waals surface area contributed by atoms with Crippen LogP contribution in [-0.2, 0) is 20.8 Å². The third-order valence-electron chi connectivity index (χ3n) is 1.03. The molecule has 1 aliphatic rings. The Labute approximate surface area is 73.5 Å². The zero-order valence-corrected chi connectivity index (χ0v) is 7.76. The Bertz CT molecular complexity index is 164. The van der Waals surface area contributed by atoms with Gasteiger partial charge in [0, 0.05) is 12.8 Å². The smallest absolute Gasteiger partial charge is 0.253 e. The van der Waals surface area contributed by atoms with E-state index in [0.717, 1.165) is 0 Å². The van der Waals surface area contributed by atoms with Crippen LogP contribution in [0.1, 0.15) is 12.8 Å². The monoisotopic (exact) mass is 193 g/mol. The average Bonchev–Trinajstić information content (AvgIpc) is 2.19. The van der Waals surface area contributed by atoms with E-state index in [1.165, 1.54) is 0 Å². The fraction of sp³-hybridized carbons (Fsp3) is 0.667. The van der Waals surface area contributed by atoms with Crippen molar-refractivity contribution < 1.29 is 19.3 Å². The van der Waals surface area contributed by atoms with Crippen molar-refractivity contribution in [1.29, 1.82) is 0 Å². The predicted octanol–water partition coefficient (Wildman–Crippen LogP) is -0.481. The summed E-state index contributed by atoms with van der Waals surface area (Å²) in [6, 6.07) is 0. The summed E-state index contributed by atoms with van der Waals surface area (Å²) in [7, 11) is 0. The topological polar surface area (TPSA) is 80.7 Å². The second-order valence-corrected chi connectivity index (χ2v) is 3.82. The van der Waals surface area contributed by atoms with E-state index in [-0.39, 0.29) is 17.9 Å². The van der Waals surface area contributed by atoms with E-state index in [1.807, 2.05) is 0 Å². The van der Waals surface area contributed by atoms with E-state index in [2.05, 4.69) is 0 Å². The molecule has 1 rings (SSSR count). The predicted molar refractivity (Wildman–Crippen MR) is 42.9 cm³/mol. The Hall–Kier alpha value is -0.590. The summed E-state index contributed by atoms with van der Waals surface area (Å²) < 4.78 is 9.56. The lowest BCUT2D eigenvalue weighted by Gasteiger charge is -1.98. The van der Waals surface area contributed by atoms with Gasteiger partial charge in [-0.15, -0.1) is 0 Å². The molecular weight excluding hydrogens is 182 g/mol. The van der Waals surface area contributed by atoms with Crippen molar-refractivity contribution in [1.82, 2.24) is 5.06 Å². The summed E-state index contributed by atoms with van der Waals surface area (Å²) in [6.07, 6.45) is 3.57. The molecule has 0 aromatic heterocycles. The third kappa shape index (κ3) is 4.32. The molecule has 0 aromatic rings. The Morgan fingerprint density at radius 2 is 1.58 bits per heavy atom. The lowest BCUT2D eigenvalue weighted by Crippen LogP contribution is -2.24. The minimum absolute atomic E-state index is 0.148. The van der Waals surface area contributed by atoms with Crippen LogP contribution in [-0.4, -0.2) is 39.1 Å². The maximum Gasteiger partial charge on any atom is 0.253 e. The van der Waals surface area contributed by atoms with Gasteiger partial charge in [-0.2, -0.15) is 5.06 Å². The van der Waals surface area contributed by atoms with Crippen molar-refractivity contribution in [2.24, 2.45) is 0 Å². The molecule has 0 radical (unpaired) electrons. The van der Waals surface area contributed by atoms with Crippen LogP contribution in [0.25, 0.3) is 0 Å². The summed E-state index contributed by atoms with van der Waals surface area (Å²) in [5, 5.41) is 8.57. The molecule has 12 heavy (non-hydrogen) atoms. The highest BCUT2D eigenvalue weighted by molar-refractivity contribution is 7.89. The first-order valence-corrected chi connectivity index (χ1v) is 5.21. The number of hydrogen-bond donors (Lipinski definition) is 1. The highest BCUT2D eigenvalue weighted by Crippen LogP contribution is 2.06. The van der Waals surface area contributed by atoms with Crippen molar-refractivity contribution in [3.63, 3.8) is 0 Å². The highest BCUT2D eigenvalue weighted by Gasteiger charge is 2.26. The van der Waals surface area contributed by atoms with Crippen molar-refractivity contribution >= 4 is 23.0 Å². The number of hydroxylamine groups is 2. The first-order chi connectivity index (χ1) is 5.45. The number of rotatable bonds is 0. The molecule has 1 heterocycles. The van der Waals surface area contributed by atoms with Gasteiger partial charge >= 0.3 is 0 Å². The maximum atomic E-state index is 10.2. The van der Waals surface area contributed by atoms with Gasteiger partial charge in [-0.05, 0) is 0 Å². The fourth-order valence-electron chi connectivity index (χ4n) is 0.565. The molecule has 5 nitrogen and oxygen atoms in total. The van der Waals surface area contributed by atoms with E-state index >= 15 is 0 Å². The van der Waals surface area contributed by atoms with Gasteiger partial charge in [0.2, 0.25) is 0 Å². The van der Waals surface area contributed by atoms with Gasteiger partial charge in [0.25, 0.3) is 11.8 Å². The van der Waals surface area contributed by atoms with E-state index in [1.54, 1.807) is 12.5 Å². The van der Waals surface area contributed by atoms with Crippen LogP contribution in [0.15, 0.2) is 0 Å². The van der Waals surface area contributed by atoms with Gasteiger partial charge in [0.15, 0.2) is 0 Å². The van der Waals surface area contributed by atoms with Crippen molar-refractivity contribution in [3.05, 3.63) is 0 Å². The van der Waals surface area contributed by atoms with E-state index < -0.39 is 23.0 Å². The number of hydrogen-bond acceptors (Lipinski definition) is 4. The Morgan fingerprint density at radius 3 is 1.67 bits per heavy atom. The molecule has 0 aliphatic carbocycles. The molecule has 1 N–H and O–H groups in total. The average molecular weight is 193 g/mol. The van der Waals surface area contributed by atoms with Gasteiger partial charge in [0.1, 0.15) is 0 Å². The summed E-state index contributed by atoms with van der Waals surface area (Å²) in [4.78, 5) is 20.5. The van der Waals surface area contributed by atoms with Crippen LogP contribution in [0.2, 0.25) is 0 Å². The van der Waals surface area contributed by atoms with Crippen molar-refractivity contribution in [2.75, 3.05) is 12.5 Å². The van der Waals surface area contributed by atoms with Crippen LogP contribution >= 0.6 is 0 Å². The second kappa shape index (κ2) is 5.13. The fourth-order valence-corrected chi connectivity index (χ4v) is 0.565. The van der Waals surface area contributed by atoms with Gasteiger partial charge in [-0.1, -0.05) is 11.2 Å². The number of amides is 2. The zero-order chi connectivity index (χ0) is 9.72.